The maximum Gasteiger partial charge on any atom is 0.0380 e. The minimum absolute atomic E-state index is 0.572. The maximum absolute atomic E-state index is 5.89. The van der Waals surface area contributed by atoms with Crippen molar-refractivity contribution in [2.24, 2.45) is 11.7 Å². The molecule has 0 saturated heterocycles. The van der Waals surface area contributed by atoms with Crippen LogP contribution in [-0.2, 0) is 6.54 Å². The molecule has 1 atom stereocenters. The van der Waals surface area contributed by atoms with Crippen LogP contribution >= 0.6 is 0 Å². The van der Waals surface area contributed by atoms with Gasteiger partial charge in [0, 0.05) is 25.3 Å². The summed E-state index contributed by atoms with van der Waals surface area (Å²) in [5, 5.41) is 0. The number of hydrogen-bond donors (Lipinski definition) is 1. The molecule has 0 spiro atoms. The fourth-order valence-corrected chi connectivity index (χ4v) is 2.16. The van der Waals surface area contributed by atoms with Gasteiger partial charge >= 0.3 is 0 Å². The molecule has 0 aromatic heterocycles. The molecule has 0 fully saturated rings. The Morgan fingerprint density at radius 1 is 1.33 bits per heavy atom. The fourth-order valence-electron chi connectivity index (χ4n) is 2.16. The number of nitrogens with two attached hydrogens (primary N) is 1. The molecule has 2 heteroatoms. The molecule has 0 radical (unpaired) electrons. The third-order valence-electron chi connectivity index (χ3n) is 2.70. The standard InChI is InChI=1S/C13H18N2/c1-11-7-13(14)10-15(8-11)9-12-5-3-2-4-6-12/h2-7,11H,8-10,14H2,1H3. The third kappa shape index (κ3) is 2.83. The van der Waals surface area contributed by atoms with Crippen molar-refractivity contribution in [3.05, 3.63) is 47.7 Å². The fraction of sp³-hybridized carbons (Fsp3) is 0.385. The van der Waals surface area contributed by atoms with Crippen LogP contribution in [0.5, 0.6) is 0 Å². The zero-order valence-corrected chi connectivity index (χ0v) is 9.19. The summed E-state index contributed by atoms with van der Waals surface area (Å²) in [6, 6.07) is 10.6. The van der Waals surface area contributed by atoms with Crippen molar-refractivity contribution in [2.45, 2.75) is 13.5 Å². The van der Waals surface area contributed by atoms with Gasteiger partial charge in [0.2, 0.25) is 0 Å². The molecule has 1 heterocycles. The van der Waals surface area contributed by atoms with Gasteiger partial charge in [0.05, 0.1) is 0 Å². The second-order valence-electron chi connectivity index (χ2n) is 4.37. The lowest BCUT2D eigenvalue weighted by Crippen LogP contribution is -2.35. The molecule has 2 nitrogen and oxygen atoms in total. The molecule has 1 aromatic carbocycles. The number of rotatable bonds is 2. The molecular weight excluding hydrogens is 184 g/mol. The number of nitrogens with zero attached hydrogens (tertiary/aromatic N) is 1. The predicted octanol–water partition coefficient (Wildman–Crippen LogP) is 1.98. The summed E-state index contributed by atoms with van der Waals surface area (Å²) in [6.45, 7) is 5.22. The van der Waals surface area contributed by atoms with E-state index in [0.717, 1.165) is 25.3 Å². The first-order chi connectivity index (χ1) is 7.24. The second kappa shape index (κ2) is 4.49. The third-order valence-corrected chi connectivity index (χ3v) is 2.70. The minimum Gasteiger partial charge on any atom is -0.401 e. The Morgan fingerprint density at radius 2 is 2.07 bits per heavy atom. The summed E-state index contributed by atoms with van der Waals surface area (Å²) < 4.78 is 0. The van der Waals surface area contributed by atoms with Gasteiger partial charge in [0.1, 0.15) is 0 Å². The van der Waals surface area contributed by atoms with Crippen LogP contribution < -0.4 is 5.73 Å². The first-order valence-corrected chi connectivity index (χ1v) is 5.46. The van der Waals surface area contributed by atoms with Gasteiger partial charge < -0.3 is 5.73 Å². The van der Waals surface area contributed by atoms with Crippen LogP contribution in [0.4, 0.5) is 0 Å². The summed E-state index contributed by atoms with van der Waals surface area (Å²) in [7, 11) is 0. The van der Waals surface area contributed by atoms with Gasteiger partial charge in [-0.15, -0.1) is 0 Å². The summed E-state index contributed by atoms with van der Waals surface area (Å²) in [4.78, 5) is 2.40. The average molecular weight is 202 g/mol. The molecule has 0 aliphatic carbocycles. The summed E-state index contributed by atoms with van der Waals surface area (Å²) in [5.41, 5.74) is 8.25. The van der Waals surface area contributed by atoms with Crippen LogP contribution in [0.1, 0.15) is 12.5 Å². The molecule has 15 heavy (non-hydrogen) atoms. The van der Waals surface area contributed by atoms with Gasteiger partial charge in [-0.1, -0.05) is 43.3 Å². The van der Waals surface area contributed by atoms with Crippen molar-refractivity contribution >= 4 is 0 Å². The summed E-state index contributed by atoms with van der Waals surface area (Å²) >= 11 is 0. The van der Waals surface area contributed by atoms with E-state index in [0.29, 0.717) is 5.92 Å². The minimum atomic E-state index is 0.572. The number of hydrogen-bond acceptors (Lipinski definition) is 2. The van der Waals surface area contributed by atoms with Gasteiger partial charge in [0.25, 0.3) is 0 Å². The largest absolute Gasteiger partial charge is 0.401 e. The van der Waals surface area contributed by atoms with Crippen LogP contribution in [-0.4, -0.2) is 18.0 Å². The highest BCUT2D eigenvalue weighted by molar-refractivity contribution is 5.15. The first kappa shape index (κ1) is 10.2. The Bertz CT molecular complexity index is 343. The Balaban J connectivity index is 1.99. The lowest BCUT2D eigenvalue weighted by atomic mass is 10.0. The number of benzene rings is 1. The van der Waals surface area contributed by atoms with Crippen LogP contribution in [0.2, 0.25) is 0 Å². The predicted molar refractivity (Wildman–Crippen MR) is 63.2 cm³/mol. The topological polar surface area (TPSA) is 29.3 Å². The Kier molecular flexibility index (Phi) is 3.07. The highest BCUT2D eigenvalue weighted by atomic mass is 15.1. The van der Waals surface area contributed by atoms with E-state index in [1.54, 1.807) is 0 Å². The van der Waals surface area contributed by atoms with E-state index in [4.69, 9.17) is 5.73 Å². The van der Waals surface area contributed by atoms with Crippen molar-refractivity contribution < 1.29 is 0 Å². The van der Waals surface area contributed by atoms with Crippen molar-refractivity contribution in [1.29, 1.82) is 0 Å². The molecule has 1 unspecified atom stereocenters. The molecule has 1 aliphatic rings. The van der Waals surface area contributed by atoms with E-state index in [1.807, 2.05) is 0 Å². The Labute approximate surface area is 91.4 Å². The molecule has 2 rings (SSSR count). The van der Waals surface area contributed by atoms with E-state index in [-0.39, 0.29) is 0 Å². The van der Waals surface area contributed by atoms with Crippen molar-refractivity contribution in [3.63, 3.8) is 0 Å². The normalized spacial score (nSPS) is 22.5. The SMILES string of the molecule is CC1C=C(N)CN(Cc2ccccc2)C1. The van der Waals surface area contributed by atoms with Crippen LogP contribution in [0.3, 0.4) is 0 Å². The highest BCUT2D eigenvalue weighted by Gasteiger charge is 2.15. The van der Waals surface area contributed by atoms with Gasteiger partial charge in [-0.2, -0.15) is 0 Å². The zero-order valence-electron chi connectivity index (χ0n) is 9.19. The van der Waals surface area contributed by atoms with Crippen LogP contribution in [0.15, 0.2) is 42.1 Å². The molecule has 1 aliphatic heterocycles. The monoisotopic (exact) mass is 202 g/mol. The van der Waals surface area contributed by atoms with Crippen molar-refractivity contribution in [3.8, 4) is 0 Å². The van der Waals surface area contributed by atoms with Crippen LogP contribution in [0.25, 0.3) is 0 Å². The average Bonchev–Trinajstić information content (AvgIpc) is 2.17. The molecule has 0 saturated carbocycles. The molecular formula is C13H18N2. The van der Waals surface area contributed by atoms with E-state index in [9.17, 15) is 0 Å². The Morgan fingerprint density at radius 3 is 2.73 bits per heavy atom. The van der Waals surface area contributed by atoms with Gasteiger partial charge in [0.15, 0.2) is 0 Å². The smallest absolute Gasteiger partial charge is 0.0380 e. The molecule has 80 valence electrons. The lowest BCUT2D eigenvalue weighted by molar-refractivity contribution is 0.249. The Hall–Kier alpha value is -1.28. The second-order valence-corrected chi connectivity index (χ2v) is 4.37. The lowest BCUT2D eigenvalue weighted by Gasteiger charge is -2.29. The van der Waals surface area contributed by atoms with Crippen molar-refractivity contribution in [1.82, 2.24) is 4.90 Å². The molecule has 0 amide bonds. The van der Waals surface area contributed by atoms with Gasteiger partial charge in [-0.05, 0) is 11.5 Å². The quantitative estimate of drug-likeness (QED) is 0.794. The maximum atomic E-state index is 5.89. The van der Waals surface area contributed by atoms with E-state index >= 15 is 0 Å². The molecule has 1 aromatic rings. The van der Waals surface area contributed by atoms with Gasteiger partial charge in [-0.25, -0.2) is 0 Å². The van der Waals surface area contributed by atoms with Crippen LogP contribution in [0, 0.1) is 5.92 Å². The highest BCUT2D eigenvalue weighted by Crippen LogP contribution is 2.14. The first-order valence-electron chi connectivity index (χ1n) is 5.46. The van der Waals surface area contributed by atoms with Crippen molar-refractivity contribution in [2.75, 3.05) is 13.1 Å². The van der Waals surface area contributed by atoms with Gasteiger partial charge in [-0.3, -0.25) is 4.90 Å². The summed E-state index contributed by atoms with van der Waals surface area (Å²) in [6.07, 6.45) is 2.17. The van der Waals surface area contributed by atoms with E-state index in [2.05, 4.69) is 48.2 Å². The molecule has 0 bridgehead atoms. The van der Waals surface area contributed by atoms with E-state index in [1.165, 1.54) is 5.56 Å². The van der Waals surface area contributed by atoms with E-state index < -0.39 is 0 Å². The molecule has 2 N–H and O–H groups in total. The zero-order chi connectivity index (χ0) is 10.7. The summed E-state index contributed by atoms with van der Waals surface area (Å²) in [5.74, 6) is 0.572.